The van der Waals surface area contributed by atoms with Gasteiger partial charge >= 0.3 is 0 Å². The summed E-state index contributed by atoms with van der Waals surface area (Å²) in [5, 5.41) is 0.198. The molecule has 0 saturated carbocycles. The van der Waals surface area contributed by atoms with Crippen LogP contribution in [0.2, 0.25) is 5.15 Å². The van der Waals surface area contributed by atoms with Crippen LogP contribution in [0.4, 0.5) is 5.69 Å². The molecule has 4 nitrogen and oxygen atoms in total. The molecule has 19 heavy (non-hydrogen) atoms. The number of nitrogen functional groups attached to an aromatic ring is 1. The minimum Gasteiger partial charge on any atom is -0.437 e. The van der Waals surface area contributed by atoms with Crippen LogP contribution < -0.4 is 10.5 Å². The monoisotopic (exact) mass is 277 g/mol. The van der Waals surface area contributed by atoms with Crippen molar-refractivity contribution in [3.8, 4) is 11.6 Å². The Bertz CT molecular complexity index is 599. The Labute approximate surface area is 117 Å². The van der Waals surface area contributed by atoms with E-state index in [1.165, 1.54) is 6.33 Å². The Morgan fingerprint density at radius 1 is 1.26 bits per heavy atom. The molecule has 0 aliphatic carbocycles. The van der Waals surface area contributed by atoms with Gasteiger partial charge < -0.3 is 10.5 Å². The Morgan fingerprint density at radius 3 is 2.68 bits per heavy atom. The third-order valence-corrected chi connectivity index (χ3v) is 3.10. The predicted octanol–water partition coefficient (Wildman–Crippen LogP) is 3.94. The number of aromatic nitrogens is 2. The van der Waals surface area contributed by atoms with Crippen LogP contribution in [0.5, 0.6) is 11.6 Å². The SMILES string of the molecule is Cc1ccc(C(C)C)c(Oc2ncnc(Cl)c2N)c1. The zero-order chi connectivity index (χ0) is 14.0. The summed E-state index contributed by atoms with van der Waals surface area (Å²) in [6.45, 7) is 6.22. The third-order valence-electron chi connectivity index (χ3n) is 2.80. The number of nitrogens with zero attached hydrogens (tertiary/aromatic N) is 2. The molecule has 1 heterocycles. The van der Waals surface area contributed by atoms with Gasteiger partial charge in [0.1, 0.15) is 17.8 Å². The molecule has 0 aliphatic rings. The molecule has 0 aliphatic heterocycles. The molecule has 0 bridgehead atoms. The van der Waals surface area contributed by atoms with Crippen LogP contribution >= 0.6 is 11.6 Å². The summed E-state index contributed by atoms with van der Waals surface area (Å²) >= 11 is 5.86. The van der Waals surface area contributed by atoms with Crippen molar-refractivity contribution in [2.75, 3.05) is 5.73 Å². The van der Waals surface area contributed by atoms with E-state index in [1.807, 2.05) is 19.1 Å². The van der Waals surface area contributed by atoms with Gasteiger partial charge in [-0.05, 0) is 30.0 Å². The van der Waals surface area contributed by atoms with Gasteiger partial charge in [0.25, 0.3) is 0 Å². The second-order valence-corrected chi connectivity index (χ2v) is 5.04. The van der Waals surface area contributed by atoms with Crippen molar-refractivity contribution in [1.82, 2.24) is 9.97 Å². The molecule has 0 spiro atoms. The largest absolute Gasteiger partial charge is 0.437 e. The highest BCUT2D eigenvalue weighted by Gasteiger charge is 2.13. The van der Waals surface area contributed by atoms with E-state index in [0.29, 0.717) is 5.92 Å². The number of halogens is 1. The molecule has 0 unspecified atom stereocenters. The van der Waals surface area contributed by atoms with Crippen molar-refractivity contribution in [3.63, 3.8) is 0 Å². The number of hydrogen-bond donors (Lipinski definition) is 1. The maximum absolute atomic E-state index is 5.86. The van der Waals surface area contributed by atoms with Crippen molar-refractivity contribution in [3.05, 3.63) is 40.8 Å². The van der Waals surface area contributed by atoms with E-state index >= 15 is 0 Å². The third kappa shape index (κ3) is 2.96. The maximum Gasteiger partial charge on any atom is 0.247 e. The summed E-state index contributed by atoms with van der Waals surface area (Å²) in [4.78, 5) is 7.83. The molecule has 100 valence electrons. The molecule has 0 atom stereocenters. The highest BCUT2D eigenvalue weighted by Crippen LogP contribution is 2.34. The summed E-state index contributed by atoms with van der Waals surface area (Å²) in [5.41, 5.74) is 8.27. The second-order valence-electron chi connectivity index (χ2n) is 4.68. The van der Waals surface area contributed by atoms with Crippen LogP contribution in [0.25, 0.3) is 0 Å². The molecular weight excluding hydrogens is 262 g/mol. The fraction of sp³-hybridized carbons (Fsp3) is 0.286. The molecule has 5 heteroatoms. The van der Waals surface area contributed by atoms with Gasteiger partial charge in [-0.25, -0.2) is 4.98 Å². The second kappa shape index (κ2) is 5.45. The topological polar surface area (TPSA) is 61.0 Å². The number of benzene rings is 1. The Hall–Kier alpha value is -1.81. The maximum atomic E-state index is 5.86. The lowest BCUT2D eigenvalue weighted by Crippen LogP contribution is -2.00. The zero-order valence-corrected chi connectivity index (χ0v) is 11.9. The van der Waals surface area contributed by atoms with Gasteiger partial charge in [0.05, 0.1) is 0 Å². The van der Waals surface area contributed by atoms with Crippen LogP contribution in [0, 0.1) is 6.92 Å². The highest BCUT2D eigenvalue weighted by molar-refractivity contribution is 6.32. The van der Waals surface area contributed by atoms with Gasteiger partial charge in [-0.3, -0.25) is 0 Å². The van der Waals surface area contributed by atoms with Crippen molar-refractivity contribution < 1.29 is 4.74 Å². The first-order chi connectivity index (χ1) is 8.99. The van der Waals surface area contributed by atoms with Gasteiger partial charge in [0.2, 0.25) is 5.88 Å². The summed E-state index contributed by atoms with van der Waals surface area (Å²) in [5.74, 6) is 1.37. The minimum atomic E-state index is 0.198. The molecule has 0 radical (unpaired) electrons. The standard InChI is InChI=1S/C14H16ClN3O/c1-8(2)10-5-4-9(3)6-11(10)19-14-12(16)13(15)17-7-18-14/h4-8H,16H2,1-3H3. The number of anilines is 1. The quantitative estimate of drug-likeness (QED) is 0.863. The lowest BCUT2D eigenvalue weighted by molar-refractivity contribution is 0.455. The van der Waals surface area contributed by atoms with Crippen molar-refractivity contribution in [1.29, 1.82) is 0 Å². The Kier molecular flexibility index (Phi) is 3.90. The normalized spacial score (nSPS) is 10.8. The molecule has 0 amide bonds. The Balaban J connectivity index is 2.42. The van der Waals surface area contributed by atoms with Gasteiger partial charge in [0, 0.05) is 0 Å². The molecule has 2 aromatic rings. The van der Waals surface area contributed by atoms with Crippen molar-refractivity contribution in [2.24, 2.45) is 0 Å². The van der Waals surface area contributed by atoms with Crippen molar-refractivity contribution in [2.45, 2.75) is 26.7 Å². The lowest BCUT2D eigenvalue weighted by atomic mass is 10.0. The van der Waals surface area contributed by atoms with E-state index < -0.39 is 0 Å². The van der Waals surface area contributed by atoms with E-state index in [0.717, 1.165) is 16.9 Å². The smallest absolute Gasteiger partial charge is 0.247 e. The summed E-state index contributed by atoms with van der Waals surface area (Å²) in [7, 11) is 0. The van der Waals surface area contributed by atoms with E-state index in [9.17, 15) is 0 Å². The van der Waals surface area contributed by atoms with Gasteiger partial charge in [0.15, 0.2) is 5.15 Å². The van der Waals surface area contributed by atoms with Gasteiger partial charge in [-0.1, -0.05) is 37.6 Å². The first kappa shape index (κ1) is 13.6. The van der Waals surface area contributed by atoms with Crippen LogP contribution in [0.3, 0.4) is 0 Å². The number of aryl methyl sites for hydroxylation is 1. The summed E-state index contributed by atoms with van der Waals surface area (Å²) in [6.07, 6.45) is 1.33. The minimum absolute atomic E-state index is 0.198. The zero-order valence-electron chi connectivity index (χ0n) is 11.1. The number of rotatable bonds is 3. The fourth-order valence-electron chi connectivity index (χ4n) is 1.75. The molecule has 0 fully saturated rings. The molecule has 2 N–H and O–H groups in total. The fourth-order valence-corrected chi connectivity index (χ4v) is 1.88. The number of hydrogen-bond acceptors (Lipinski definition) is 4. The lowest BCUT2D eigenvalue weighted by Gasteiger charge is -2.14. The van der Waals surface area contributed by atoms with Crippen LogP contribution in [0.15, 0.2) is 24.5 Å². The number of ether oxygens (including phenoxy) is 1. The molecular formula is C14H16ClN3O. The van der Waals surface area contributed by atoms with Crippen LogP contribution in [-0.4, -0.2) is 9.97 Å². The highest BCUT2D eigenvalue weighted by atomic mass is 35.5. The average molecular weight is 278 g/mol. The predicted molar refractivity (Wildman–Crippen MR) is 76.8 cm³/mol. The van der Waals surface area contributed by atoms with E-state index in [4.69, 9.17) is 22.1 Å². The van der Waals surface area contributed by atoms with Gasteiger partial charge in [-0.15, -0.1) is 0 Å². The van der Waals surface area contributed by atoms with E-state index in [2.05, 4.69) is 29.9 Å². The first-order valence-corrected chi connectivity index (χ1v) is 6.41. The van der Waals surface area contributed by atoms with Gasteiger partial charge in [-0.2, -0.15) is 4.98 Å². The summed E-state index contributed by atoms with van der Waals surface area (Å²) < 4.78 is 5.80. The number of nitrogens with two attached hydrogens (primary N) is 1. The molecule has 1 aromatic heterocycles. The average Bonchev–Trinajstić information content (AvgIpc) is 2.35. The van der Waals surface area contributed by atoms with E-state index in [1.54, 1.807) is 0 Å². The van der Waals surface area contributed by atoms with Crippen molar-refractivity contribution >= 4 is 17.3 Å². The molecule has 2 rings (SSSR count). The van der Waals surface area contributed by atoms with E-state index in [-0.39, 0.29) is 16.7 Å². The molecule has 1 aromatic carbocycles. The van der Waals surface area contributed by atoms with Crippen LogP contribution in [-0.2, 0) is 0 Å². The summed E-state index contributed by atoms with van der Waals surface area (Å²) in [6, 6.07) is 6.07. The Morgan fingerprint density at radius 2 is 2.00 bits per heavy atom. The molecule has 0 saturated heterocycles. The first-order valence-electron chi connectivity index (χ1n) is 6.03. The van der Waals surface area contributed by atoms with Crippen LogP contribution in [0.1, 0.15) is 30.9 Å².